The number of benzene rings is 1. The molecule has 0 atom stereocenters. The number of halogens is 1. The molecule has 0 radical (unpaired) electrons. The Morgan fingerprint density at radius 1 is 1.38 bits per heavy atom. The molecule has 0 saturated heterocycles. The number of hydrogen-bond acceptors (Lipinski definition) is 2. The minimum Gasteiger partial charge on any atom is -0.385 e. The number of rotatable bonds is 3. The molecule has 86 valence electrons. The number of nitrogens with zero attached hydrogens (tertiary/aromatic N) is 1. The van der Waals surface area contributed by atoms with Crippen molar-refractivity contribution in [2.45, 2.75) is 27.2 Å². The lowest BCUT2D eigenvalue weighted by Crippen LogP contribution is -2.12. The third kappa shape index (κ3) is 3.90. The summed E-state index contributed by atoms with van der Waals surface area (Å²) in [7, 11) is 0. The highest BCUT2D eigenvalue weighted by Crippen LogP contribution is 2.19. The first-order valence-corrected chi connectivity index (χ1v) is 5.36. The standard InChI is InChI=1S/C13H17FN2/c1-13(2,3)6-7-16-11-4-5-12(14)10(8-11)9-15/h4-5,8,16H,6-7H2,1-3H3. The molecule has 0 aliphatic heterocycles. The topological polar surface area (TPSA) is 35.8 Å². The summed E-state index contributed by atoms with van der Waals surface area (Å²) in [4.78, 5) is 0. The predicted molar refractivity (Wildman–Crippen MR) is 63.7 cm³/mol. The van der Waals surface area contributed by atoms with E-state index in [1.807, 2.05) is 6.07 Å². The van der Waals surface area contributed by atoms with Crippen molar-refractivity contribution in [1.82, 2.24) is 0 Å². The predicted octanol–water partition coefficient (Wildman–Crippen LogP) is 3.55. The molecule has 0 aliphatic carbocycles. The van der Waals surface area contributed by atoms with E-state index in [-0.39, 0.29) is 11.0 Å². The van der Waals surface area contributed by atoms with Gasteiger partial charge in [-0.15, -0.1) is 0 Å². The molecule has 1 aromatic carbocycles. The van der Waals surface area contributed by atoms with Crippen molar-refractivity contribution in [3.8, 4) is 6.07 Å². The van der Waals surface area contributed by atoms with E-state index in [0.717, 1.165) is 18.7 Å². The summed E-state index contributed by atoms with van der Waals surface area (Å²) in [5.41, 5.74) is 1.15. The van der Waals surface area contributed by atoms with Crippen molar-refractivity contribution in [3.05, 3.63) is 29.6 Å². The van der Waals surface area contributed by atoms with Gasteiger partial charge in [-0.25, -0.2) is 4.39 Å². The number of anilines is 1. The third-order valence-corrected chi connectivity index (χ3v) is 2.29. The average molecular weight is 220 g/mol. The second-order valence-corrected chi connectivity index (χ2v) is 5.04. The van der Waals surface area contributed by atoms with E-state index in [4.69, 9.17) is 5.26 Å². The van der Waals surface area contributed by atoms with E-state index < -0.39 is 5.82 Å². The number of nitrogens with one attached hydrogen (secondary N) is 1. The van der Waals surface area contributed by atoms with E-state index in [0.29, 0.717) is 0 Å². The molecule has 0 saturated carbocycles. The van der Waals surface area contributed by atoms with Gasteiger partial charge in [0.1, 0.15) is 11.9 Å². The van der Waals surface area contributed by atoms with Gasteiger partial charge in [0.2, 0.25) is 0 Å². The molecule has 0 aliphatic rings. The van der Waals surface area contributed by atoms with Crippen LogP contribution >= 0.6 is 0 Å². The third-order valence-electron chi connectivity index (χ3n) is 2.29. The minimum atomic E-state index is -0.469. The monoisotopic (exact) mass is 220 g/mol. The van der Waals surface area contributed by atoms with Gasteiger partial charge in [-0.05, 0) is 30.0 Å². The molecule has 0 fully saturated rings. The molecule has 1 rings (SSSR count). The summed E-state index contributed by atoms with van der Waals surface area (Å²) in [6, 6.07) is 6.34. The summed E-state index contributed by atoms with van der Waals surface area (Å²) in [6.45, 7) is 7.32. The summed E-state index contributed by atoms with van der Waals surface area (Å²) in [5.74, 6) is -0.469. The van der Waals surface area contributed by atoms with Gasteiger partial charge in [0.15, 0.2) is 0 Å². The molecule has 0 aromatic heterocycles. The summed E-state index contributed by atoms with van der Waals surface area (Å²) < 4.78 is 13.0. The van der Waals surface area contributed by atoms with Crippen LogP contribution in [0.4, 0.5) is 10.1 Å². The van der Waals surface area contributed by atoms with Crippen LogP contribution in [0, 0.1) is 22.6 Å². The van der Waals surface area contributed by atoms with Crippen LogP contribution in [0.3, 0.4) is 0 Å². The summed E-state index contributed by atoms with van der Waals surface area (Å²) in [5, 5.41) is 11.9. The molecule has 1 aromatic rings. The van der Waals surface area contributed by atoms with Gasteiger partial charge in [0, 0.05) is 12.2 Å². The summed E-state index contributed by atoms with van der Waals surface area (Å²) >= 11 is 0. The van der Waals surface area contributed by atoms with Gasteiger partial charge in [0.25, 0.3) is 0 Å². The highest BCUT2D eigenvalue weighted by Gasteiger charge is 2.09. The normalized spacial score (nSPS) is 10.9. The molecule has 1 N–H and O–H groups in total. The Hall–Kier alpha value is -1.56. The summed E-state index contributed by atoms with van der Waals surface area (Å²) in [6.07, 6.45) is 1.02. The zero-order valence-corrected chi connectivity index (χ0v) is 9.97. The highest BCUT2D eigenvalue weighted by molar-refractivity contribution is 5.49. The smallest absolute Gasteiger partial charge is 0.141 e. The van der Waals surface area contributed by atoms with Crippen LogP contribution in [0.25, 0.3) is 0 Å². The molecule has 0 amide bonds. The number of hydrogen-bond donors (Lipinski definition) is 1. The fourth-order valence-corrected chi connectivity index (χ4v) is 1.30. The first-order chi connectivity index (χ1) is 7.42. The maximum atomic E-state index is 13.0. The molecule has 0 bridgehead atoms. The Kier molecular flexibility index (Phi) is 3.89. The van der Waals surface area contributed by atoms with Crippen LogP contribution in [0.15, 0.2) is 18.2 Å². The van der Waals surface area contributed by atoms with E-state index in [1.54, 1.807) is 6.07 Å². The molecular formula is C13H17FN2. The fourth-order valence-electron chi connectivity index (χ4n) is 1.30. The van der Waals surface area contributed by atoms with Crippen molar-refractivity contribution >= 4 is 5.69 Å². The van der Waals surface area contributed by atoms with Gasteiger partial charge in [-0.2, -0.15) is 5.26 Å². The van der Waals surface area contributed by atoms with Crippen molar-refractivity contribution in [3.63, 3.8) is 0 Å². The van der Waals surface area contributed by atoms with Crippen molar-refractivity contribution in [2.24, 2.45) is 5.41 Å². The first-order valence-electron chi connectivity index (χ1n) is 5.36. The lowest BCUT2D eigenvalue weighted by molar-refractivity contribution is 0.390. The van der Waals surface area contributed by atoms with E-state index >= 15 is 0 Å². The molecule has 0 unspecified atom stereocenters. The fraction of sp³-hybridized carbons (Fsp3) is 0.462. The van der Waals surface area contributed by atoms with Crippen molar-refractivity contribution in [1.29, 1.82) is 5.26 Å². The van der Waals surface area contributed by atoms with Crippen LogP contribution in [0.2, 0.25) is 0 Å². The zero-order valence-electron chi connectivity index (χ0n) is 9.97. The Morgan fingerprint density at radius 3 is 2.62 bits per heavy atom. The SMILES string of the molecule is CC(C)(C)CCNc1ccc(F)c(C#N)c1. The second-order valence-electron chi connectivity index (χ2n) is 5.04. The van der Waals surface area contributed by atoms with Gasteiger partial charge in [0.05, 0.1) is 5.56 Å². The Bertz CT molecular complexity index is 399. The first kappa shape index (κ1) is 12.5. The van der Waals surface area contributed by atoms with Crippen LogP contribution in [-0.2, 0) is 0 Å². The van der Waals surface area contributed by atoms with Gasteiger partial charge < -0.3 is 5.32 Å². The van der Waals surface area contributed by atoms with Crippen molar-refractivity contribution in [2.75, 3.05) is 11.9 Å². The maximum Gasteiger partial charge on any atom is 0.141 e. The molecular weight excluding hydrogens is 203 g/mol. The van der Waals surface area contributed by atoms with Crippen molar-refractivity contribution < 1.29 is 4.39 Å². The van der Waals surface area contributed by atoms with E-state index in [9.17, 15) is 4.39 Å². The Labute approximate surface area is 96.1 Å². The maximum absolute atomic E-state index is 13.0. The van der Waals surface area contributed by atoms with Gasteiger partial charge >= 0.3 is 0 Å². The molecule has 16 heavy (non-hydrogen) atoms. The van der Waals surface area contributed by atoms with E-state index in [2.05, 4.69) is 26.1 Å². The number of nitriles is 1. The van der Waals surface area contributed by atoms with Crippen LogP contribution in [0.1, 0.15) is 32.8 Å². The highest BCUT2D eigenvalue weighted by atomic mass is 19.1. The van der Waals surface area contributed by atoms with Crippen LogP contribution in [0.5, 0.6) is 0 Å². The van der Waals surface area contributed by atoms with Gasteiger partial charge in [-0.1, -0.05) is 20.8 Å². The quantitative estimate of drug-likeness (QED) is 0.845. The molecule has 0 spiro atoms. The lowest BCUT2D eigenvalue weighted by Gasteiger charge is -2.18. The van der Waals surface area contributed by atoms with Crippen LogP contribution < -0.4 is 5.32 Å². The Balaban J connectivity index is 2.59. The Morgan fingerprint density at radius 2 is 2.06 bits per heavy atom. The van der Waals surface area contributed by atoms with E-state index in [1.165, 1.54) is 12.1 Å². The van der Waals surface area contributed by atoms with Gasteiger partial charge in [-0.3, -0.25) is 0 Å². The van der Waals surface area contributed by atoms with Crippen LogP contribution in [-0.4, -0.2) is 6.54 Å². The molecule has 0 heterocycles. The average Bonchev–Trinajstić information content (AvgIpc) is 2.18. The largest absolute Gasteiger partial charge is 0.385 e. The zero-order chi connectivity index (χ0) is 12.2. The second kappa shape index (κ2) is 4.98. The lowest BCUT2D eigenvalue weighted by atomic mass is 9.92. The molecule has 2 nitrogen and oxygen atoms in total. The minimum absolute atomic E-state index is 0.0840. The molecule has 3 heteroatoms.